The fourth-order valence-corrected chi connectivity index (χ4v) is 4.59. The molecule has 0 unspecified atom stereocenters. The van der Waals surface area contributed by atoms with E-state index in [1.54, 1.807) is 13.2 Å². The number of nitrogens with zero attached hydrogens (tertiary/aromatic N) is 4. The molecule has 0 radical (unpaired) electrons. The van der Waals surface area contributed by atoms with Gasteiger partial charge >= 0.3 is 0 Å². The van der Waals surface area contributed by atoms with E-state index in [1.807, 2.05) is 51.9 Å². The van der Waals surface area contributed by atoms with Gasteiger partial charge in [0, 0.05) is 23.8 Å². The highest BCUT2D eigenvalue weighted by Crippen LogP contribution is 2.33. The van der Waals surface area contributed by atoms with Gasteiger partial charge in [-0.25, -0.2) is 0 Å². The van der Waals surface area contributed by atoms with Crippen molar-refractivity contribution in [2.45, 2.75) is 31.1 Å². The van der Waals surface area contributed by atoms with Crippen LogP contribution in [-0.2, 0) is 17.8 Å². The van der Waals surface area contributed by atoms with E-state index in [9.17, 15) is 4.79 Å². The Bertz CT molecular complexity index is 1060. The van der Waals surface area contributed by atoms with Crippen molar-refractivity contribution in [1.29, 1.82) is 0 Å². The Morgan fingerprint density at radius 1 is 1.23 bits per heavy atom. The van der Waals surface area contributed by atoms with Gasteiger partial charge in [0.05, 0.1) is 12.9 Å². The molecule has 7 heteroatoms. The Morgan fingerprint density at radius 2 is 2.00 bits per heavy atom. The number of ether oxygens (including phenoxy) is 1. The summed E-state index contributed by atoms with van der Waals surface area (Å²) in [4.78, 5) is 14.9. The van der Waals surface area contributed by atoms with E-state index in [0.29, 0.717) is 17.5 Å². The van der Waals surface area contributed by atoms with Gasteiger partial charge in [-0.05, 0) is 49.2 Å². The third-order valence-corrected chi connectivity index (χ3v) is 6.13. The number of para-hydroxylation sites is 1. The van der Waals surface area contributed by atoms with Crippen molar-refractivity contribution in [2.24, 2.45) is 0 Å². The van der Waals surface area contributed by atoms with Crippen LogP contribution in [0.25, 0.3) is 11.4 Å². The lowest BCUT2D eigenvalue weighted by molar-refractivity contribution is -0.116. The third kappa shape index (κ3) is 3.85. The van der Waals surface area contributed by atoms with Crippen LogP contribution in [-0.4, -0.2) is 39.6 Å². The number of benzene rings is 2. The first-order valence-electron chi connectivity index (χ1n) is 9.83. The molecule has 1 aliphatic rings. The molecule has 6 nitrogen and oxygen atoms in total. The van der Waals surface area contributed by atoms with Crippen LogP contribution in [0.15, 0.2) is 66.3 Å². The zero-order valence-corrected chi connectivity index (χ0v) is 17.9. The number of aromatic nitrogens is 3. The lowest BCUT2D eigenvalue weighted by atomic mass is 10.1. The third-order valence-electron chi connectivity index (χ3n) is 5.18. The molecule has 2 heterocycles. The van der Waals surface area contributed by atoms with Crippen LogP contribution in [0, 0.1) is 0 Å². The van der Waals surface area contributed by atoms with Crippen molar-refractivity contribution in [3.05, 3.63) is 66.7 Å². The standard InChI is InChI=1S/C23H24N4O2S/c1-4-13-26-22(17-9-11-19(29-3)12-10-17)24-25-23(26)30-15-21(28)27-16(2)14-18-7-5-6-8-20(18)27/h4-12,16H,1,13-15H2,2-3H3/t16-/m0/s1. The summed E-state index contributed by atoms with van der Waals surface area (Å²) in [7, 11) is 1.64. The van der Waals surface area contributed by atoms with Crippen molar-refractivity contribution in [2.75, 3.05) is 17.8 Å². The summed E-state index contributed by atoms with van der Waals surface area (Å²) in [6.45, 7) is 6.50. The second-order valence-electron chi connectivity index (χ2n) is 7.17. The molecule has 0 saturated carbocycles. The number of hydrogen-bond donors (Lipinski definition) is 0. The van der Waals surface area contributed by atoms with E-state index < -0.39 is 0 Å². The number of anilines is 1. The smallest absolute Gasteiger partial charge is 0.237 e. The fraction of sp³-hybridized carbons (Fsp3) is 0.261. The molecule has 2 aromatic carbocycles. The van der Waals surface area contributed by atoms with Gasteiger partial charge in [-0.2, -0.15) is 0 Å². The largest absolute Gasteiger partial charge is 0.497 e. The maximum atomic E-state index is 13.0. The topological polar surface area (TPSA) is 60.2 Å². The number of carbonyl (C=O) groups is 1. The molecule has 1 aliphatic heterocycles. The number of carbonyl (C=O) groups excluding carboxylic acids is 1. The molecule has 1 aromatic heterocycles. The van der Waals surface area contributed by atoms with Crippen LogP contribution >= 0.6 is 11.8 Å². The van der Waals surface area contributed by atoms with Gasteiger partial charge in [0.15, 0.2) is 11.0 Å². The zero-order valence-electron chi connectivity index (χ0n) is 17.1. The van der Waals surface area contributed by atoms with Gasteiger partial charge in [0.2, 0.25) is 5.91 Å². The first kappa shape index (κ1) is 20.2. The van der Waals surface area contributed by atoms with Crippen LogP contribution in [0.5, 0.6) is 5.75 Å². The summed E-state index contributed by atoms with van der Waals surface area (Å²) < 4.78 is 7.21. The van der Waals surface area contributed by atoms with Crippen LogP contribution < -0.4 is 9.64 Å². The molecule has 1 atom stereocenters. The predicted octanol–water partition coefficient (Wildman–Crippen LogP) is 4.21. The minimum absolute atomic E-state index is 0.0802. The summed E-state index contributed by atoms with van der Waals surface area (Å²) in [6.07, 6.45) is 2.70. The molecule has 0 aliphatic carbocycles. The van der Waals surface area contributed by atoms with E-state index in [-0.39, 0.29) is 11.9 Å². The molecule has 1 amide bonds. The van der Waals surface area contributed by atoms with E-state index >= 15 is 0 Å². The number of allylic oxidation sites excluding steroid dienone is 1. The second-order valence-corrected chi connectivity index (χ2v) is 8.11. The monoisotopic (exact) mass is 420 g/mol. The summed E-state index contributed by atoms with van der Waals surface area (Å²) in [6, 6.07) is 16.0. The highest BCUT2D eigenvalue weighted by atomic mass is 32.2. The van der Waals surface area contributed by atoms with Gasteiger partial charge < -0.3 is 9.64 Å². The summed E-state index contributed by atoms with van der Waals surface area (Å²) in [5, 5.41) is 9.41. The van der Waals surface area contributed by atoms with Crippen LogP contribution in [0.2, 0.25) is 0 Å². The highest BCUT2D eigenvalue weighted by molar-refractivity contribution is 7.99. The SMILES string of the molecule is C=CCn1c(SCC(=O)N2c3ccccc3C[C@@H]2C)nnc1-c1ccc(OC)cc1. The lowest BCUT2D eigenvalue weighted by Crippen LogP contribution is -2.37. The fourth-order valence-electron chi connectivity index (χ4n) is 3.78. The number of hydrogen-bond acceptors (Lipinski definition) is 5. The van der Waals surface area contributed by atoms with Gasteiger partial charge in [0.25, 0.3) is 0 Å². The van der Waals surface area contributed by atoms with Crippen LogP contribution in [0.1, 0.15) is 12.5 Å². The van der Waals surface area contributed by atoms with E-state index in [0.717, 1.165) is 29.2 Å². The van der Waals surface area contributed by atoms with Crippen molar-refractivity contribution in [1.82, 2.24) is 14.8 Å². The molecule has 0 fully saturated rings. The maximum absolute atomic E-state index is 13.0. The number of methoxy groups -OCH3 is 1. The highest BCUT2D eigenvalue weighted by Gasteiger charge is 2.30. The predicted molar refractivity (Wildman–Crippen MR) is 120 cm³/mol. The molecule has 0 saturated heterocycles. The quantitative estimate of drug-likeness (QED) is 0.423. The molecule has 3 aromatic rings. The maximum Gasteiger partial charge on any atom is 0.237 e. The molecule has 0 bridgehead atoms. The van der Waals surface area contributed by atoms with E-state index in [1.165, 1.54) is 17.3 Å². The minimum atomic E-state index is 0.0802. The lowest BCUT2D eigenvalue weighted by Gasteiger charge is -2.22. The summed E-state index contributed by atoms with van der Waals surface area (Å²) in [5.74, 6) is 1.91. The number of rotatable bonds is 7. The van der Waals surface area contributed by atoms with Gasteiger partial charge in [-0.3, -0.25) is 9.36 Å². The van der Waals surface area contributed by atoms with Crippen molar-refractivity contribution in [3.8, 4) is 17.1 Å². The van der Waals surface area contributed by atoms with Gasteiger partial charge in [-0.15, -0.1) is 16.8 Å². The summed E-state index contributed by atoms with van der Waals surface area (Å²) >= 11 is 1.41. The van der Waals surface area contributed by atoms with E-state index in [4.69, 9.17) is 4.74 Å². The van der Waals surface area contributed by atoms with Gasteiger partial charge in [-0.1, -0.05) is 36.0 Å². The Labute approximate surface area is 180 Å². The van der Waals surface area contributed by atoms with Crippen LogP contribution in [0.3, 0.4) is 0 Å². The zero-order chi connectivity index (χ0) is 21.1. The average Bonchev–Trinajstić information content (AvgIpc) is 3.32. The number of fused-ring (bicyclic) bond motifs is 1. The first-order chi connectivity index (χ1) is 14.6. The molecule has 154 valence electrons. The second kappa shape index (κ2) is 8.75. The van der Waals surface area contributed by atoms with Crippen molar-refractivity contribution < 1.29 is 9.53 Å². The average molecular weight is 421 g/mol. The molecule has 4 rings (SSSR count). The Hall–Kier alpha value is -3.06. The minimum Gasteiger partial charge on any atom is -0.497 e. The number of thioether (sulfide) groups is 1. The Morgan fingerprint density at radius 3 is 2.73 bits per heavy atom. The normalized spacial score (nSPS) is 15.1. The molecule has 30 heavy (non-hydrogen) atoms. The summed E-state index contributed by atoms with van der Waals surface area (Å²) in [5.41, 5.74) is 3.17. The molecule has 0 spiro atoms. The van der Waals surface area contributed by atoms with Gasteiger partial charge in [0.1, 0.15) is 5.75 Å². The molecule has 0 N–H and O–H groups in total. The van der Waals surface area contributed by atoms with Crippen molar-refractivity contribution in [3.63, 3.8) is 0 Å². The molecular weight excluding hydrogens is 396 g/mol. The molecular formula is C23H24N4O2S. The van der Waals surface area contributed by atoms with Crippen LogP contribution in [0.4, 0.5) is 5.69 Å². The first-order valence-corrected chi connectivity index (χ1v) is 10.8. The van der Waals surface area contributed by atoms with Crippen molar-refractivity contribution >= 4 is 23.4 Å². The Balaban J connectivity index is 1.53. The number of amides is 1. The Kier molecular flexibility index (Phi) is 5.90. The van der Waals surface area contributed by atoms with E-state index in [2.05, 4.69) is 29.8 Å².